The number of nitrogens with zero attached hydrogens (tertiary/aromatic N) is 1. The van der Waals surface area contributed by atoms with Gasteiger partial charge in [-0.1, -0.05) is 0 Å². The summed E-state index contributed by atoms with van der Waals surface area (Å²) in [5, 5.41) is 8.91. The van der Waals surface area contributed by atoms with Gasteiger partial charge >= 0.3 is 6.03 Å². The minimum Gasteiger partial charge on any atom is -0.352 e. The van der Waals surface area contributed by atoms with Crippen molar-refractivity contribution in [2.75, 3.05) is 19.6 Å². The number of nitrogens with one attached hydrogen (secondary N) is 3. The van der Waals surface area contributed by atoms with E-state index in [1.54, 1.807) is 0 Å². The smallest absolute Gasteiger partial charge is 0.315 e. The maximum Gasteiger partial charge on any atom is 0.315 e. The van der Waals surface area contributed by atoms with Crippen LogP contribution in [0.25, 0.3) is 0 Å². The fourth-order valence-corrected chi connectivity index (χ4v) is 5.91. The van der Waals surface area contributed by atoms with Crippen LogP contribution in [0.15, 0.2) is 0 Å². The van der Waals surface area contributed by atoms with Crippen LogP contribution in [-0.2, 0) is 9.59 Å². The van der Waals surface area contributed by atoms with Gasteiger partial charge in [-0.05, 0) is 77.0 Å². The zero-order valence-electron chi connectivity index (χ0n) is 17.6. The molecule has 4 saturated carbocycles. The highest BCUT2D eigenvalue weighted by Crippen LogP contribution is 2.55. The van der Waals surface area contributed by atoms with Gasteiger partial charge in [-0.2, -0.15) is 0 Å². The third kappa shape index (κ3) is 5.17. The minimum absolute atomic E-state index is 0.0206. The average molecular weight is 393 g/mol. The molecule has 0 heterocycles. The summed E-state index contributed by atoms with van der Waals surface area (Å²) in [4.78, 5) is 38.2. The van der Waals surface area contributed by atoms with E-state index in [1.807, 2.05) is 20.8 Å². The molecule has 0 aromatic carbocycles. The first-order valence-corrected chi connectivity index (χ1v) is 10.9. The molecule has 7 heteroatoms. The van der Waals surface area contributed by atoms with E-state index in [9.17, 15) is 14.4 Å². The molecule has 0 saturated heterocycles. The predicted octanol–water partition coefficient (Wildman–Crippen LogP) is 2.02. The van der Waals surface area contributed by atoms with Gasteiger partial charge in [0.1, 0.15) is 0 Å². The number of amides is 4. The molecular weight excluding hydrogens is 356 g/mol. The largest absolute Gasteiger partial charge is 0.352 e. The molecule has 4 fully saturated rings. The average Bonchev–Trinajstić information content (AvgIpc) is 2.57. The second kappa shape index (κ2) is 8.70. The van der Waals surface area contributed by atoms with Crippen LogP contribution >= 0.6 is 0 Å². The van der Waals surface area contributed by atoms with Gasteiger partial charge in [0.05, 0.1) is 6.54 Å². The molecule has 4 aliphatic rings. The Kier molecular flexibility index (Phi) is 6.50. The maximum atomic E-state index is 12.4. The van der Waals surface area contributed by atoms with E-state index in [1.165, 1.54) is 24.2 Å². The lowest BCUT2D eigenvalue weighted by molar-refractivity contribution is -0.135. The van der Waals surface area contributed by atoms with Gasteiger partial charge in [0.25, 0.3) is 0 Å². The first kappa shape index (κ1) is 20.9. The number of carbonyl (C=O) groups is 3. The first-order valence-electron chi connectivity index (χ1n) is 10.9. The third-order valence-corrected chi connectivity index (χ3v) is 6.56. The summed E-state index contributed by atoms with van der Waals surface area (Å²) in [5.74, 6) is 2.07. The lowest BCUT2D eigenvalue weighted by Crippen LogP contribution is -2.61. The van der Waals surface area contributed by atoms with Crippen molar-refractivity contribution in [2.24, 2.45) is 17.8 Å². The van der Waals surface area contributed by atoms with E-state index in [0.717, 1.165) is 37.0 Å². The number of rotatable bonds is 8. The molecule has 158 valence electrons. The van der Waals surface area contributed by atoms with Crippen molar-refractivity contribution >= 4 is 17.8 Å². The summed E-state index contributed by atoms with van der Waals surface area (Å²) in [7, 11) is 0. The van der Waals surface area contributed by atoms with Gasteiger partial charge in [-0.25, -0.2) is 4.79 Å². The molecule has 4 rings (SSSR count). The van der Waals surface area contributed by atoms with Crippen LogP contribution in [0.5, 0.6) is 0 Å². The molecule has 4 amide bonds. The molecule has 0 unspecified atom stereocenters. The Morgan fingerprint density at radius 3 is 2.11 bits per heavy atom. The first-order chi connectivity index (χ1) is 13.3. The van der Waals surface area contributed by atoms with Crippen LogP contribution in [0.2, 0.25) is 0 Å². The summed E-state index contributed by atoms with van der Waals surface area (Å²) in [6.07, 6.45) is 7.56. The lowest BCUT2D eigenvalue weighted by atomic mass is 9.53. The van der Waals surface area contributed by atoms with E-state index in [4.69, 9.17) is 0 Å². The Morgan fingerprint density at radius 1 is 1.04 bits per heavy atom. The Bertz CT molecular complexity index is 569. The Labute approximate surface area is 168 Å². The van der Waals surface area contributed by atoms with E-state index in [0.29, 0.717) is 13.1 Å². The van der Waals surface area contributed by atoms with Crippen LogP contribution in [0.1, 0.15) is 65.7 Å². The van der Waals surface area contributed by atoms with Crippen LogP contribution in [0.3, 0.4) is 0 Å². The lowest BCUT2D eigenvalue weighted by Gasteiger charge is -2.56. The highest BCUT2D eigenvalue weighted by molar-refractivity contribution is 5.85. The van der Waals surface area contributed by atoms with E-state index >= 15 is 0 Å². The molecule has 3 N–H and O–H groups in total. The van der Waals surface area contributed by atoms with E-state index in [-0.39, 0.29) is 42.4 Å². The van der Waals surface area contributed by atoms with Crippen LogP contribution in [0.4, 0.5) is 4.79 Å². The third-order valence-electron chi connectivity index (χ3n) is 6.56. The summed E-state index contributed by atoms with van der Waals surface area (Å²) >= 11 is 0. The van der Waals surface area contributed by atoms with Gasteiger partial charge in [0.15, 0.2) is 0 Å². The summed E-state index contributed by atoms with van der Waals surface area (Å²) in [5.41, 5.74) is -0.0206. The molecule has 0 aliphatic heterocycles. The van der Waals surface area contributed by atoms with Gasteiger partial charge < -0.3 is 20.9 Å². The monoisotopic (exact) mass is 392 g/mol. The standard InChI is InChI=1S/C21H36N4O3/c1-4-25(13-18(26)23-14(2)3)19(27)5-6-22-20(28)24-21-10-15-7-16(11-21)9-17(8-15)12-21/h14-17H,4-13H2,1-3H3,(H,23,26)(H2,22,24,28). The molecule has 0 atom stereocenters. The van der Waals surface area contributed by atoms with Crippen molar-refractivity contribution < 1.29 is 14.4 Å². The zero-order valence-corrected chi connectivity index (χ0v) is 17.6. The number of likely N-dealkylation sites (N-methyl/N-ethyl adjacent to an activating group) is 1. The molecule has 0 aromatic rings. The fourth-order valence-electron chi connectivity index (χ4n) is 5.91. The number of urea groups is 1. The second-order valence-electron chi connectivity index (χ2n) is 9.46. The highest BCUT2D eigenvalue weighted by atomic mass is 16.2. The SMILES string of the molecule is CCN(CC(=O)NC(C)C)C(=O)CCNC(=O)NC12CC3CC(CC(C3)C1)C2. The van der Waals surface area contributed by atoms with Gasteiger partial charge in [-0.3, -0.25) is 9.59 Å². The van der Waals surface area contributed by atoms with Crippen LogP contribution < -0.4 is 16.0 Å². The summed E-state index contributed by atoms with van der Waals surface area (Å²) in [6, 6.07) is -0.105. The molecule has 4 bridgehead atoms. The van der Waals surface area contributed by atoms with Crippen molar-refractivity contribution in [3.05, 3.63) is 0 Å². The van der Waals surface area contributed by atoms with E-state index in [2.05, 4.69) is 16.0 Å². The summed E-state index contributed by atoms with van der Waals surface area (Å²) < 4.78 is 0. The quantitative estimate of drug-likeness (QED) is 0.590. The maximum absolute atomic E-state index is 12.4. The van der Waals surface area contributed by atoms with Gasteiger partial charge in [0.2, 0.25) is 11.8 Å². The minimum atomic E-state index is -0.157. The van der Waals surface area contributed by atoms with Crippen molar-refractivity contribution in [2.45, 2.75) is 77.3 Å². The van der Waals surface area contributed by atoms with Crippen molar-refractivity contribution in [1.82, 2.24) is 20.9 Å². The number of hydrogen-bond donors (Lipinski definition) is 3. The molecule has 7 nitrogen and oxygen atoms in total. The molecule has 28 heavy (non-hydrogen) atoms. The Balaban J connectivity index is 1.40. The van der Waals surface area contributed by atoms with Crippen LogP contribution in [0, 0.1) is 17.8 Å². The number of carbonyl (C=O) groups excluding carboxylic acids is 3. The zero-order chi connectivity index (χ0) is 20.3. The Hall–Kier alpha value is -1.79. The van der Waals surface area contributed by atoms with Crippen molar-refractivity contribution in [3.63, 3.8) is 0 Å². The second-order valence-corrected chi connectivity index (χ2v) is 9.46. The van der Waals surface area contributed by atoms with Crippen LogP contribution in [-0.4, -0.2) is 54.0 Å². The summed E-state index contributed by atoms with van der Waals surface area (Å²) in [6.45, 7) is 6.47. The topological polar surface area (TPSA) is 90.5 Å². The molecule has 0 radical (unpaired) electrons. The molecule has 0 aromatic heterocycles. The number of hydrogen-bond acceptors (Lipinski definition) is 3. The van der Waals surface area contributed by atoms with Crippen molar-refractivity contribution in [3.8, 4) is 0 Å². The highest BCUT2D eigenvalue weighted by Gasteiger charge is 2.51. The van der Waals surface area contributed by atoms with Crippen molar-refractivity contribution in [1.29, 1.82) is 0 Å². The van der Waals surface area contributed by atoms with Gasteiger partial charge in [-0.15, -0.1) is 0 Å². The molecule has 0 spiro atoms. The van der Waals surface area contributed by atoms with E-state index < -0.39 is 0 Å². The normalized spacial score (nSPS) is 30.2. The fraction of sp³-hybridized carbons (Fsp3) is 0.857. The molecular formula is C21H36N4O3. The predicted molar refractivity (Wildman–Crippen MR) is 108 cm³/mol. The molecule has 4 aliphatic carbocycles. The Morgan fingerprint density at radius 2 is 1.61 bits per heavy atom. The van der Waals surface area contributed by atoms with Gasteiger partial charge in [0, 0.05) is 31.1 Å².